The fourth-order valence-corrected chi connectivity index (χ4v) is 2.93. The van der Waals surface area contributed by atoms with Crippen molar-refractivity contribution in [2.45, 2.75) is 13.1 Å². The summed E-state index contributed by atoms with van der Waals surface area (Å²) in [5, 5.41) is 2.70. The lowest BCUT2D eigenvalue weighted by atomic mass is 10.2. The van der Waals surface area contributed by atoms with Crippen molar-refractivity contribution >= 4 is 17.1 Å². The Morgan fingerprint density at radius 1 is 1.14 bits per heavy atom. The summed E-state index contributed by atoms with van der Waals surface area (Å²) < 4.78 is 14.1. The van der Waals surface area contributed by atoms with Crippen molar-refractivity contribution in [3.8, 4) is 11.5 Å². The van der Waals surface area contributed by atoms with Crippen LogP contribution in [0.25, 0.3) is 11.2 Å². The van der Waals surface area contributed by atoms with Gasteiger partial charge in [0, 0.05) is 20.6 Å². The highest BCUT2D eigenvalue weighted by Gasteiger charge is 2.17. The molecular formula is C18H21N5O5. The summed E-state index contributed by atoms with van der Waals surface area (Å²) in [6.45, 7) is -0.178. The lowest BCUT2D eigenvalue weighted by Gasteiger charge is -2.11. The van der Waals surface area contributed by atoms with Crippen LogP contribution in [0.2, 0.25) is 0 Å². The number of aryl methyl sites for hydroxylation is 2. The van der Waals surface area contributed by atoms with E-state index in [0.717, 1.165) is 10.1 Å². The molecule has 0 aliphatic rings. The third kappa shape index (κ3) is 3.36. The van der Waals surface area contributed by atoms with Gasteiger partial charge in [0.2, 0.25) is 5.91 Å². The molecule has 0 aliphatic heterocycles. The molecule has 1 N–H and O–H groups in total. The highest BCUT2D eigenvalue weighted by molar-refractivity contribution is 5.76. The number of fused-ring (bicyclic) bond motifs is 1. The summed E-state index contributed by atoms with van der Waals surface area (Å²) in [6.07, 6.45) is 1.45. The summed E-state index contributed by atoms with van der Waals surface area (Å²) in [5.41, 5.74) is 0.166. The maximum atomic E-state index is 12.6. The van der Waals surface area contributed by atoms with Crippen LogP contribution in [0.1, 0.15) is 5.56 Å². The molecular weight excluding hydrogens is 366 g/mol. The first kappa shape index (κ1) is 19.2. The molecule has 2 heterocycles. The SMILES string of the molecule is COc1ccc(CNC(=O)Cn2c(=O)c3c(ncn3C)n(C)c2=O)cc1OC. The van der Waals surface area contributed by atoms with Crippen LogP contribution < -0.4 is 26.0 Å². The number of nitrogens with one attached hydrogen (secondary N) is 1. The average molecular weight is 387 g/mol. The van der Waals surface area contributed by atoms with E-state index in [4.69, 9.17) is 9.47 Å². The molecule has 3 aromatic rings. The van der Waals surface area contributed by atoms with E-state index < -0.39 is 17.2 Å². The first-order valence-electron chi connectivity index (χ1n) is 8.45. The van der Waals surface area contributed by atoms with Crippen LogP contribution in [0, 0.1) is 0 Å². The van der Waals surface area contributed by atoms with Gasteiger partial charge in [-0.15, -0.1) is 0 Å². The van der Waals surface area contributed by atoms with E-state index >= 15 is 0 Å². The predicted octanol–water partition coefficient (Wildman–Crippen LogP) is -0.233. The Hall–Kier alpha value is -3.56. The molecule has 0 atom stereocenters. The Morgan fingerprint density at radius 2 is 1.86 bits per heavy atom. The van der Waals surface area contributed by atoms with Crippen molar-refractivity contribution in [3.05, 3.63) is 50.9 Å². The van der Waals surface area contributed by atoms with E-state index in [1.165, 1.54) is 36.7 Å². The average Bonchev–Trinajstić information content (AvgIpc) is 3.09. The van der Waals surface area contributed by atoms with Gasteiger partial charge in [-0.25, -0.2) is 14.3 Å². The fraction of sp³-hybridized carbons (Fsp3) is 0.333. The zero-order chi connectivity index (χ0) is 20.4. The lowest BCUT2D eigenvalue weighted by molar-refractivity contribution is -0.121. The number of imidazole rings is 1. The van der Waals surface area contributed by atoms with Crippen molar-refractivity contribution < 1.29 is 14.3 Å². The molecule has 0 aliphatic carbocycles. The number of hydrogen-bond acceptors (Lipinski definition) is 6. The number of hydrogen-bond donors (Lipinski definition) is 1. The van der Waals surface area contributed by atoms with Crippen molar-refractivity contribution in [3.63, 3.8) is 0 Å². The van der Waals surface area contributed by atoms with E-state index in [-0.39, 0.29) is 24.3 Å². The highest BCUT2D eigenvalue weighted by atomic mass is 16.5. The monoisotopic (exact) mass is 387 g/mol. The van der Waals surface area contributed by atoms with E-state index in [2.05, 4.69) is 10.3 Å². The Bertz CT molecular complexity index is 1160. The number of carbonyl (C=O) groups excluding carboxylic acids is 1. The zero-order valence-corrected chi connectivity index (χ0v) is 16.1. The van der Waals surface area contributed by atoms with Gasteiger partial charge in [0.25, 0.3) is 5.56 Å². The van der Waals surface area contributed by atoms with Crippen molar-refractivity contribution in [1.29, 1.82) is 0 Å². The number of nitrogens with zero attached hydrogens (tertiary/aromatic N) is 4. The maximum Gasteiger partial charge on any atom is 0.332 e. The quantitative estimate of drug-likeness (QED) is 0.626. The molecule has 28 heavy (non-hydrogen) atoms. The number of amides is 1. The molecule has 1 amide bonds. The Kier molecular flexibility index (Phi) is 5.21. The Morgan fingerprint density at radius 3 is 2.54 bits per heavy atom. The van der Waals surface area contributed by atoms with E-state index in [0.29, 0.717) is 11.5 Å². The standard InChI is InChI=1S/C18H21N5O5/c1-21-10-20-16-15(21)17(25)23(18(26)22(16)2)9-14(24)19-8-11-5-6-12(27-3)13(7-11)28-4/h5-7,10H,8-9H2,1-4H3,(H,19,24). The topological polar surface area (TPSA) is 109 Å². The molecule has 148 valence electrons. The molecule has 0 spiro atoms. The van der Waals surface area contributed by atoms with Gasteiger partial charge in [-0.1, -0.05) is 6.07 Å². The van der Waals surface area contributed by atoms with E-state index in [1.807, 2.05) is 0 Å². The van der Waals surface area contributed by atoms with Crippen LogP contribution in [0.3, 0.4) is 0 Å². The van der Waals surface area contributed by atoms with Crippen LogP contribution >= 0.6 is 0 Å². The Labute approximate surface area is 159 Å². The summed E-state index contributed by atoms with van der Waals surface area (Å²) in [6, 6.07) is 5.26. The van der Waals surface area contributed by atoms with Crippen molar-refractivity contribution in [2.24, 2.45) is 14.1 Å². The fourth-order valence-electron chi connectivity index (χ4n) is 2.93. The highest BCUT2D eigenvalue weighted by Crippen LogP contribution is 2.27. The smallest absolute Gasteiger partial charge is 0.332 e. The number of aromatic nitrogens is 4. The van der Waals surface area contributed by atoms with Gasteiger partial charge >= 0.3 is 5.69 Å². The third-order valence-corrected chi connectivity index (χ3v) is 4.44. The molecule has 0 fully saturated rings. The van der Waals surface area contributed by atoms with Gasteiger partial charge in [0.15, 0.2) is 22.7 Å². The van der Waals surface area contributed by atoms with Crippen molar-refractivity contribution in [1.82, 2.24) is 24.0 Å². The molecule has 2 aromatic heterocycles. The number of ether oxygens (including phenoxy) is 2. The summed E-state index contributed by atoms with van der Waals surface area (Å²) in [7, 11) is 6.23. The van der Waals surface area contributed by atoms with Crippen LogP contribution in [-0.4, -0.2) is 38.8 Å². The first-order chi connectivity index (χ1) is 13.4. The second-order valence-corrected chi connectivity index (χ2v) is 6.23. The minimum Gasteiger partial charge on any atom is -0.493 e. The minimum atomic E-state index is -0.600. The molecule has 0 unspecified atom stereocenters. The second-order valence-electron chi connectivity index (χ2n) is 6.23. The van der Waals surface area contributed by atoms with E-state index in [9.17, 15) is 14.4 Å². The molecule has 3 rings (SSSR count). The second kappa shape index (κ2) is 7.59. The van der Waals surface area contributed by atoms with Gasteiger partial charge in [0.05, 0.1) is 20.5 Å². The molecule has 1 aromatic carbocycles. The van der Waals surface area contributed by atoms with Crippen LogP contribution in [-0.2, 0) is 32.0 Å². The number of benzene rings is 1. The zero-order valence-electron chi connectivity index (χ0n) is 16.1. The first-order valence-corrected chi connectivity index (χ1v) is 8.45. The normalized spacial score (nSPS) is 10.9. The van der Waals surface area contributed by atoms with Gasteiger partial charge < -0.3 is 19.4 Å². The Balaban J connectivity index is 1.80. The van der Waals surface area contributed by atoms with Gasteiger partial charge in [-0.05, 0) is 17.7 Å². The van der Waals surface area contributed by atoms with Crippen molar-refractivity contribution in [2.75, 3.05) is 14.2 Å². The van der Waals surface area contributed by atoms with Gasteiger partial charge in [0.1, 0.15) is 6.54 Å². The number of methoxy groups -OCH3 is 2. The van der Waals surface area contributed by atoms with Gasteiger partial charge in [-0.2, -0.15) is 0 Å². The maximum absolute atomic E-state index is 12.6. The molecule has 0 bridgehead atoms. The molecule has 10 nitrogen and oxygen atoms in total. The summed E-state index contributed by atoms with van der Waals surface area (Å²) >= 11 is 0. The summed E-state index contributed by atoms with van der Waals surface area (Å²) in [5.74, 6) is 0.661. The lowest BCUT2D eigenvalue weighted by Crippen LogP contribution is -2.43. The molecule has 0 saturated carbocycles. The molecule has 10 heteroatoms. The minimum absolute atomic E-state index is 0.211. The van der Waals surface area contributed by atoms with Crippen LogP contribution in [0.4, 0.5) is 0 Å². The molecule has 0 saturated heterocycles. The third-order valence-electron chi connectivity index (χ3n) is 4.44. The molecule has 0 radical (unpaired) electrons. The largest absolute Gasteiger partial charge is 0.493 e. The van der Waals surface area contributed by atoms with Crippen LogP contribution in [0.15, 0.2) is 34.1 Å². The summed E-state index contributed by atoms with van der Waals surface area (Å²) in [4.78, 5) is 41.5. The number of rotatable bonds is 6. The van der Waals surface area contributed by atoms with Crippen LogP contribution in [0.5, 0.6) is 11.5 Å². The van der Waals surface area contributed by atoms with Gasteiger partial charge in [-0.3, -0.25) is 14.2 Å². The number of carbonyl (C=O) groups is 1. The predicted molar refractivity (Wildman–Crippen MR) is 102 cm³/mol. The van der Waals surface area contributed by atoms with E-state index in [1.54, 1.807) is 25.2 Å².